The van der Waals surface area contributed by atoms with Crippen LogP contribution in [-0.4, -0.2) is 27.6 Å². The highest BCUT2D eigenvalue weighted by Gasteiger charge is 2.27. The van der Waals surface area contributed by atoms with Crippen LogP contribution in [0.4, 0.5) is 0 Å². The molecule has 0 saturated carbocycles. The third-order valence-electron chi connectivity index (χ3n) is 4.33. The second kappa shape index (κ2) is 7.06. The maximum Gasteiger partial charge on any atom is 0.129 e. The van der Waals surface area contributed by atoms with E-state index in [2.05, 4.69) is 62.2 Å². The van der Waals surface area contributed by atoms with E-state index in [0.717, 1.165) is 33.4 Å². The summed E-state index contributed by atoms with van der Waals surface area (Å²) in [4.78, 5) is 0. The van der Waals surface area contributed by atoms with Crippen molar-refractivity contribution in [2.45, 2.75) is 39.3 Å². The summed E-state index contributed by atoms with van der Waals surface area (Å²) in [6, 6.07) is 11.6. The summed E-state index contributed by atoms with van der Waals surface area (Å²) in [5.74, 6) is 6.74. The minimum absolute atomic E-state index is 0.443. The van der Waals surface area contributed by atoms with Gasteiger partial charge in [0.05, 0.1) is 11.4 Å². The predicted octanol–water partition coefficient (Wildman–Crippen LogP) is 5.29. The van der Waals surface area contributed by atoms with Gasteiger partial charge in [-0.1, -0.05) is 81.5 Å². The number of nitrogens with one attached hydrogen (secondary N) is 2. The van der Waals surface area contributed by atoms with Crippen molar-refractivity contribution in [2.24, 2.45) is 0 Å². The Morgan fingerprint density at radius 3 is 1.75 bits per heavy atom. The maximum absolute atomic E-state index is 8.88. The van der Waals surface area contributed by atoms with Crippen molar-refractivity contribution in [3.05, 3.63) is 69.8 Å². The molecule has 2 N–H and O–H groups in total. The molecule has 2 aromatic rings. The van der Waals surface area contributed by atoms with Crippen molar-refractivity contribution in [3.8, 4) is 22.9 Å². The monoisotopic (exact) mass is 398 g/mol. The largest absolute Gasteiger partial charge is 0.300 e. The summed E-state index contributed by atoms with van der Waals surface area (Å²) >= 11 is 0. The summed E-state index contributed by atoms with van der Waals surface area (Å²) in [6.07, 6.45) is 0. The average Bonchev–Trinajstić information content (AvgIpc) is 2.61. The van der Waals surface area contributed by atoms with Crippen LogP contribution in [0.5, 0.6) is 0 Å². The van der Waals surface area contributed by atoms with Crippen molar-refractivity contribution >= 4 is 27.6 Å². The summed E-state index contributed by atoms with van der Waals surface area (Å²) in [5.41, 5.74) is 12.6. The summed E-state index contributed by atoms with van der Waals surface area (Å²) in [7, 11) is -3.15. The van der Waals surface area contributed by atoms with Crippen LogP contribution in [0.2, 0.25) is 39.3 Å². The molecule has 2 aromatic carbocycles. The number of benzene rings is 2. The molecule has 0 bridgehead atoms. The number of hydrogen-bond acceptors (Lipinski definition) is 2. The normalized spacial score (nSPS) is 12.9. The van der Waals surface area contributed by atoms with Gasteiger partial charge in [0.25, 0.3) is 0 Å². The van der Waals surface area contributed by atoms with Gasteiger partial charge in [0, 0.05) is 33.4 Å². The van der Waals surface area contributed by atoms with E-state index in [1.165, 1.54) is 0 Å². The zero-order valence-corrected chi connectivity index (χ0v) is 19.5. The molecule has 0 saturated heterocycles. The predicted molar refractivity (Wildman–Crippen MR) is 125 cm³/mol. The zero-order valence-electron chi connectivity index (χ0n) is 17.5. The fourth-order valence-corrected chi connectivity index (χ4v) is 4.02. The lowest BCUT2D eigenvalue weighted by atomic mass is 9.80. The van der Waals surface area contributed by atoms with Gasteiger partial charge < -0.3 is 0 Å². The van der Waals surface area contributed by atoms with Crippen LogP contribution >= 0.6 is 0 Å². The number of rotatable bonds is 0. The van der Waals surface area contributed by atoms with Crippen LogP contribution in [0.1, 0.15) is 33.4 Å². The standard InChI is InChI=1S/C24H26N2Si2/c1-27(2,3)15-13-17-11-12-21-22(18(17)14-16-28(4,5)6)24(26)20-10-8-7-9-19(20)23(21)25/h7-12,25-26H,1-6H3. The summed E-state index contributed by atoms with van der Waals surface area (Å²) in [5, 5.41) is 17.6. The molecule has 0 spiro atoms. The highest BCUT2D eigenvalue weighted by atomic mass is 28.3. The van der Waals surface area contributed by atoms with Gasteiger partial charge >= 0.3 is 0 Å². The van der Waals surface area contributed by atoms with Gasteiger partial charge in [-0.15, -0.1) is 11.1 Å². The molecular formula is C24H26N2Si2. The van der Waals surface area contributed by atoms with Gasteiger partial charge in [-0.25, -0.2) is 0 Å². The van der Waals surface area contributed by atoms with E-state index in [1.807, 2.05) is 36.4 Å². The van der Waals surface area contributed by atoms with Gasteiger partial charge in [-0.2, -0.15) is 0 Å². The Bertz CT molecular complexity index is 1120. The third kappa shape index (κ3) is 4.09. The lowest BCUT2D eigenvalue weighted by Crippen LogP contribution is -2.23. The zero-order chi connectivity index (χ0) is 20.7. The Balaban J connectivity index is 2.32. The van der Waals surface area contributed by atoms with E-state index >= 15 is 0 Å². The molecule has 0 unspecified atom stereocenters. The molecule has 3 rings (SSSR count). The number of fused-ring (bicyclic) bond motifs is 2. The van der Waals surface area contributed by atoms with E-state index in [-0.39, 0.29) is 0 Å². The molecule has 0 fully saturated rings. The van der Waals surface area contributed by atoms with E-state index in [0.29, 0.717) is 11.4 Å². The van der Waals surface area contributed by atoms with Crippen LogP contribution in [0.3, 0.4) is 0 Å². The first-order valence-electron chi connectivity index (χ1n) is 9.49. The molecule has 0 heterocycles. The van der Waals surface area contributed by atoms with Gasteiger partial charge in [0.1, 0.15) is 16.1 Å². The maximum atomic E-state index is 8.88. The highest BCUT2D eigenvalue weighted by molar-refractivity contribution is 6.84. The average molecular weight is 399 g/mol. The minimum Gasteiger partial charge on any atom is -0.300 e. The molecule has 0 aliphatic heterocycles. The van der Waals surface area contributed by atoms with Gasteiger partial charge in [0.15, 0.2) is 0 Å². The molecule has 140 valence electrons. The highest BCUT2D eigenvalue weighted by Crippen LogP contribution is 2.30. The SMILES string of the molecule is C[Si](C)(C)C#Cc1ccc2c(c1C#C[Si](C)(C)C)C(=N)c1ccccc1C2=N. The summed E-state index contributed by atoms with van der Waals surface area (Å²) in [6.45, 7) is 13.3. The molecule has 0 radical (unpaired) electrons. The van der Waals surface area contributed by atoms with Crippen molar-refractivity contribution in [1.82, 2.24) is 0 Å². The lowest BCUT2D eigenvalue weighted by molar-refractivity contribution is 1.35. The van der Waals surface area contributed by atoms with Crippen molar-refractivity contribution < 1.29 is 0 Å². The molecule has 1 aliphatic rings. The molecule has 2 nitrogen and oxygen atoms in total. The van der Waals surface area contributed by atoms with E-state index < -0.39 is 16.1 Å². The quantitative estimate of drug-likeness (QED) is 0.382. The smallest absolute Gasteiger partial charge is 0.129 e. The molecule has 4 heteroatoms. The molecule has 28 heavy (non-hydrogen) atoms. The van der Waals surface area contributed by atoms with Gasteiger partial charge in [-0.3, -0.25) is 10.8 Å². The first-order chi connectivity index (χ1) is 13.0. The number of hydrogen-bond donors (Lipinski definition) is 2. The first-order valence-corrected chi connectivity index (χ1v) is 16.5. The Hall–Kier alpha value is -2.67. The van der Waals surface area contributed by atoms with E-state index in [1.54, 1.807) is 0 Å². The van der Waals surface area contributed by atoms with Crippen molar-refractivity contribution in [2.75, 3.05) is 0 Å². The molecule has 0 amide bonds. The van der Waals surface area contributed by atoms with Gasteiger partial charge in [-0.05, 0) is 6.07 Å². The fourth-order valence-electron chi connectivity index (χ4n) is 3.01. The molecule has 0 atom stereocenters. The second-order valence-corrected chi connectivity index (χ2v) is 18.7. The summed E-state index contributed by atoms with van der Waals surface area (Å²) < 4.78 is 0. The van der Waals surface area contributed by atoms with E-state index in [9.17, 15) is 0 Å². The Morgan fingerprint density at radius 2 is 1.18 bits per heavy atom. The van der Waals surface area contributed by atoms with Crippen LogP contribution in [-0.2, 0) is 0 Å². The Morgan fingerprint density at radius 1 is 0.643 bits per heavy atom. The lowest BCUT2D eigenvalue weighted by Gasteiger charge is -2.23. The Kier molecular flexibility index (Phi) is 5.06. The molecule has 1 aliphatic carbocycles. The first kappa shape index (κ1) is 20.1. The fraction of sp³-hybridized carbons (Fsp3) is 0.250. The van der Waals surface area contributed by atoms with E-state index in [4.69, 9.17) is 10.8 Å². The topological polar surface area (TPSA) is 47.7 Å². The van der Waals surface area contributed by atoms with Crippen LogP contribution in [0, 0.1) is 33.7 Å². The second-order valence-electron chi connectivity index (χ2n) is 9.21. The third-order valence-corrected chi connectivity index (χ3v) is 6.08. The molecular weight excluding hydrogens is 372 g/mol. The van der Waals surface area contributed by atoms with Crippen LogP contribution in [0.15, 0.2) is 36.4 Å². The molecule has 0 aromatic heterocycles. The van der Waals surface area contributed by atoms with Crippen molar-refractivity contribution in [3.63, 3.8) is 0 Å². The minimum atomic E-state index is -1.60. The Labute approximate surface area is 170 Å². The van der Waals surface area contributed by atoms with Crippen molar-refractivity contribution in [1.29, 1.82) is 10.8 Å². The van der Waals surface area contributed by atoms with Gasteiger partial charge in [0.2, 0.25) is 0 Å². The van der Waals surface area contributed by atoms with Crippen LogP contribution in [0.25, 0.3) is 0 Å². The van der Waals surface area contributed by atoms with Crippen LogP contribution < -0.4 is 0 Å².